The number of likely N-dealkylation sites (N-methyl/N-ethyl adjacent to an activating group) is 1. The fourth-order valence-corrected chi connectivity index (χ4v) is 3.44. The number of anilines is 1. The molecule has 24 heavy (non-hydrogen) atoms. The summed E-state index contributed by atoms with van der Waals surface area (Å²) >= 11 is 0. The quantitative estimate of drug-likeness (QED) is 0.819. The summed E-state index contributed by atoms with van der Waals surface area (Å²) in [5, 5.41) is 9.46. The summed E-state index contributed by atoms with van der Waals surface area (Å²) in [6.45, 7) is 6.08. The Balaban J connectivity index is 1.87. The van der Waals surface area contributed by atoms with E-state index >= 15 is 0 Å². The smallest absolute Gasteiger partial charge is 0.146 e. The topological polar surface area (TPSA) is 56.1 Å². The van der Waals surface area contributed by atoms with Crippen molar-refractivity contribution in [3.8, 4) is 6.07 Å². The molecule has 0 bridgehead atoms. The van der Waals surface area contributed by atoms with Gasteiger partial charge in [-0.2, -0.15) is 5.26 Å². The van der Waals surface area contributed by atoms with E-state index in [-0.39, 0.29) is 0 Å². The number of likely N-dealkylation sites (tertiary alicyclic amines) is 1. The number of pyridine rings is 2. The van der Waals surface area contributed by atoms with Crippen molar-refractivity contribution in [3.05, 3.63) is 54.0 Å². The van der Waals surface area contributed by atoms with Crippen LogP contribution in [0.5, 0.6) is 0 Å². The highest BCUT2D eigenvalue weighted by atomic mass is 15.3. The minimum Gasteiger partial charge on any atom is -0.350 e. The first-order valence-electron chi connectivity index (χ1n) is 8.55. The van der Waals surface area contributed by atoms with E-state index in [2.05, 4.69) is 32.8 Å². The van der Waals surface area contributed by atoms with E-state index in [0.29, 0.717) is 11.6 Å². The highest BCUT2D eigenvalue weighted by Gasteiger charge is 2.26. The number of aromatic nitrogens is 2. The lowest BCUT2D eigenvalue weighted by molar-refractivity contribution is 0.268. The molecule has 1 aliphatic rings. The van der Waals surface area contributed by atoms with Crippen molar-refractivity contribution in [2.75, 3.05) is 24.5 Å². The van der Waals surface area contributed by atoms with Crippen LogP contribution in [0.15, 0.2) is 42.9 Å². The molecule has 0 N–H and O–H groups in total. The van der Waals surface area contributed by atoms with E-state index in [9.17, 15) is 5.26 Å². The molecule has 0 amide bonds. The second-order valence-electron chi connectivity index (χ2n) is 6.15. The van der Waals surface area contributed by atoms with E-state index in [1.807, 2.05) is 36.7 Å². The van der Waals surface area contributed by atoms with Gasteiger partial charge in [-0.3, -0.25) is 9.88 Å². The van der Waals surface area contributed by atoms with Crippen LogP contribution in [0.3, 0.4) is 0 Å². The normalized spacial score (nSPS) is 17.6. The lowest BCUT2D eigenvalue weighted by Crippen LogP contribution is -2.40. The summed E-state index contributed by atoms with van der Waals surface area (Å²) in [6.07, 6.45) is 7.84. The molecule has 0 spiro atoms. The van der Waals surface area contributed by atoms with E-state index in [1.165, 1.54) is 18.4 Å². The predicted octanol–water partition coefficient (Wildman–Crippen LogP) is 2.84. The van der Waals surface area contributed by atoms with E-state index in [0.717, 1.165) is 32.0 Å². The van der Waals surface area contributed by atoms with Crippen LogP contribution < -0.4 is 4.90 Å². The van der Waals surface area contributed by atoms with Gasteiger partial charge >= 0.3 is 0 Å². The van der Waals surface area contributed by atoms with Gasteiger partial charge in [-0.1, -0.05) is 6.92 Å². The number of rotatable bonds is 6. The van der Waals surface area contributed by atoms with Crippen molar-refractivity contribution >= 4 is 5.82 Å². The van der Waals surface area contributed by atoms with E-state index in [1.54, 1.807) is 6.20 Å². The molecule has 0 aliphatic carbocycles. The van der Waals surface area contributed by atoms with Gasteiger partial charge in [0.1, 0.15) is 11.9 Å². The Kier molecular flexibility index (Phi) is 5.39. The summed E-state index contributed by atoms with van der Waals surface area (Å²) in [5.74, 6) is 0.778. The van der Waals surface area contributed by atoms with Crippen molar-refractivity contribution in [2.45, 2.75) is 32.4 Å². The summed E-state index contributed by atoms with van der Waals surface area (Å²) in [6, 6.07) is 10.5. The highest BCUT2D eigenvalue weighted by Crippen LogP contribution is 2.24. The first kappa shape index (κ1) is 16.4. The van der Waals surface area contributed by atoms with Gasteiger partial charge in [0.05, 0.1) is 5.56 Å². The zero-order valence-electron chi connectivity index (χ0n) is 14.1. The van der Waals surface area contributed by atoms with Crippen LogP contribution >= 0.6 is 0 Å². The maximum Gasteiger partial charge on any atom is 0.146 e. The standard InChI is InChI=1S/C19H23N5/c1-2-23-12-4-6-18(23)15-24(14-16-7-10-21-11-8-16)19-17(13-20)5-3-9-22-19/h3,5,7-11,18H,2,4,6,12,14-15H2,1H3. The highest BCUT2D eigenvalue weighted by molar-refractivity contribution is 5.54. The molecule has 124 valence electrons. The fraction of sp³-hybridized carbons (Fsp3) is 0.421. The first-order chi connectivity index (χ1) is 11.8. The van der Waals surface area contributed by atoms with Gasteiger partial charge in [-0.15, -0.1) is 0 Å². The first-order valence-corrected chi connectivity index (χ1v) is 8.55. The number of nitrogens with zero attached hydrogens (tertiary/aromatic N) is 5. The maximum atomic E-state index is 9.46. The molecule has 1 unspecified atom stereocenters. The van der Waals surface area contributed by atoms with Crippen LogP contribution in [-0.2, 0) is 6.54 Å². The van der Waals surface area contributed by atoms with Gasteiger partial charge in [-0.25, -0.2) is 4.98 Å². The third-order valence-corrected chi connectivity index (χ3v) is 4.67. The summed E-state index contributed by atoms with van der Waals surface area (Å²) in [7, 11) is 0. The summed E-state index contributed by atoms with van der Waals surface area (Å²) in [5.41, 5.74) is 1.81. The molecular weight excluding hydrogens is 298 g/mol. The molecule has 5 heteroatoms. The molecule has 0 aromatic carbocycles. The minimum absolute atomic E-state index is 0.519. The second kappa shape index (κ2) is 7.89. The average Bonchev–Trinajstić information content (AvgIpc) is 3.09. The van der Waals surface area contributed by atoms with Gasteiger partial charge in [-0.05, 0) is 55.8 Å². The Labute approximate surface area is 143 Å². The fourth-order valence-electron chi connectivity index (χ4n) is 3.44. The zero-order chi connectivity index (χ0) is 16.8. The van der Waals surface area contributed by atoms with Crippen molar-refractivity contribution in [3.63, 3.8) is 0 Å². The molecule has 3 heterocycles. The molecule has 1 fully saturated rings. The van der Waals surface area contributed by atoms with Crippen molar-refractivity contribution in [1.29, 1.82) is 5.26 Å². The van der Waals surface area contributed by atoms with Crippen LogP contribution in [0.1, 0.15) is 30.9 Å². The Morgan fingerprint density at radius 3 is 2.88 bits per heavy atom. The largest absolute Gasteiger partial charge is 0.350 e. The van der Waals surface area contributed by atoms with Crippen LogP contribution in [0.4, 0.5) is 5.82 Å². The Morgan fingerprint density at radius 1 is 1.29 bits per heavy atom. The number of hydrogen-bond donors (Lipinski definition) is 0. The van der Waals surface area contributed by atoms with Gasteiger partial charge in [0.15, 0.2) is 0 Å². The van der Waals surface area contributed by atoms with Crippen LogP contribution in [0, 0.1) is 11.3 Å². The lowest BCUT2D eigenvalue weighted by atomic mass is 10.1. The molecule has 1 saturated heterocycles. The molecular formula is C19H23N5. The van der Waals surface area contributed by atoms with Gasteiger partial charge in [0, 0.05) is 37.7 Å². The third kappa shape index (κ3) is 3.72. The van der Waals surface area contributed by atoms with Gasteiger partial charge in [0.2, 0.25) is 0 Å². The van der Waals surface area contributed by atoms with Gasteiger partial charge < -0.3 is 4.90 Å². The molecule has 3 rings (SSSR count). The summed E-state index contributed by atoms with van der Waals surface area (Å²) in [4.78, 5) is 13.4. The Bertz CT molecular complexity index is 694. The van der Waals surface area contributed by atoms with Crippen molar-refractivity contribution in [1.82, 2.24) is 14.9 Å². The van der Waals surface area contributed by atoms with E-state index < -0.39 is 0 Å². The molecule has 1 atom stereocenters. The van der Waals surface area contributed by atoms with Crippen LogP contribution in [0.2, 0.25) is 0 Å². The van der Waals surface area contributed by atoms with Crippen LogP contribution in [-0.4, -0.2) is 40.5 Å². The maximum absolute atomic E-state index is 9.46. The zero-order valence-corrected chi connectivity index (χ0v) is 14.1. The molecule has 1 aliphatic heterocycles. The summed E-state index contributed by atoms with van der Waals surface area (Å²) < 4.78 is 0. The second-order valence-corrected chi connectivity index (χ2v) is 6.15. The van der Waals surface area contributed by atoms with Gasteiger partial charge in [0.25, 0.3) is 0 Å². The molecule has 5 nitrogen and oxygen atoms in total. The average molecular weight is 321 g/mol. The molecule has 0 radical (unpaired) electrons. The third-order valence-electron chi connectivity index (χ3n) is 4.67. The number of nitriles is 1. The molecule has 2 aromatic heterocycles. The van der Waals surface area contributed by atoms with Crippen LogP contribution in [0.25, 0.3) is 0 Å². The number of hydrogen-bond acceptors (Lipinski definition) is 5. The van der Waals surface area contributed by atoms with Crippen molar-refractivity contribution < 1.29 is 0 Å². The monoisotopic (exact) mass is 321 g/mol. The van der Waals surface area contributed by atoms with Crippen molar-refractivity contribution in [2.24, 2.45) is 0 Å². The minimum atomic E-state index is 0.519. The molecule has 2 aromatic rings. The Morgan fingerprint density at radius 2 is 2.12 bits per heavy atom. The molecule has 0 saturated carbocycles. The predicted molar refractivity (Wildman–Crippen MR) is 94.5 cm³/mol. The van der Waals surface area contributed by atoms with E-state index in [4.69, 9.17) is 0 Å². The lowest BCUT2D eigenvalue weighted by Gasteiger charge is -2.31. The SMILES string of the molecule is CCN1CCCC1CN(Cc1ccncc1)c1ncccc1C#N. The Hall–Kier alpha value is -2.45.